The first-order chi connectivity index (χ1) is 20.4. The first kappa shape index (κ1) is 30.2. The van der Waals surface area contributed by atoms with Gasteiger partial charge in [0.2, 0.25) is 5.91 Å². The third-order valence-electron chi connectivity index (χ3n) is 5.44. The van der Waals surface area contributed by atoms with E-state index in [-0.39, 0.29) is 29.7 Å². The number of rotatable bonds is 12. The van der Waals surface area contributed by atoms with Crippen molar-refractivity contribution in [3.63, 3.8) is 0 Å². The van der Waals surface area contributed by atoms with Crippen molar-refractivity contribution in [1.29, 1.82) is 0 Å². The van der Waals surface area contributed by atoms with Crippen LogP contribution in [0, 0.1) is 0 Å². The number of thioether (sulfide) groups is 1. The number of hydrogen-bond donors (Lipinski definition) is 3. The number of anilines is 2. The standard InChI is InChI=1S/C30H27N5O5S2/c1-2-40-27(37)16-23-18-42-30(33-23)35-26(36)19-41-24-12-10-22(11-13-24)32-29(39)25(15-20-7-6-14-31-17-20)34-28(38)21-8-4-3-5-9-21/h3-15,17-18H,2,16,19H2,1H3,(H,32,39)(H,34,38)(H,33,35,36)/b25-15-. The molecule has 0 saturated carbocycles. The maximum atomic E-state index is 13.1. The fourth-order valence-corrected chi connectivity index (χ4v) is 4.94. The molecule has 4 rings (SSSR count). The van der Waals surface area contributed by atoms with Gasteiger partial charge in [0, 0.05) is 33.9 Å². The zero-order valence-electron chi connectivity index (χ0n) is 22.5. The van der Waals surface area contributed by atoms with Crippen molar-refractivity contribution in [2.45, 2.75) is 18.2 Å². The molecule has 3 N–H and O–H groups in total. The lowest BCUT2D eigenvalue weighted by atomic mass is 10.2. The zero-order valence-corrected chi connectivity index (χ0v) is 24.2. The number of carbonyl (C=O) groups is 4. The molecule has 0 spiro atoms. The Morgan fingerprint density at radius 2 is 1.76 bits per heavy atom. The second kappa shape index (κ2) is 15.3. The quantitative estimate of drug-likeness (QED) is 0.120. The normalized spacial score (nSPS) is 10.9. The summed E-state index contributed by atoms with van der Waals surface area (Å²) in [5.41, 5.74) is 2.17. The average Bonchev–Trinajstić information content (AvgIpc) is 3.43. The molecule has 10 nitrogen and oxygen atoms in total. The predicted octanol–water partition coefficient (Wildman–Crippen LogP) is 4.78. The van der Waals surface area contributed by atoms with Gasteiger partial charge in [0.05, 0.1) is 24.5 Å². The van der Waals surface area contributed by atoms with Crippen LogP contribution in [0.4, 0.5) is 10.8 Å². The molecule has 4 aromatic rings. The van der Waals surface area contributed by atoms with E-state index in [2.05, 4.69) is 25.9 Å². The molecule has 0 aliphatic carbocycles. The summed E-state index contributed by atoms with van der Waals surface area (Å²) >= 11 is 2.55. The van der Waals surface area contributed by atoms with E-state index >= 15 is 0 Å². The molecule has 2 heterocycles. The summed E-state index contributed by atoms with van der Waals surface area (Å²) < 4.78 is 4.91. The van der Waals surface area contributed by atoms with Crippen molar-refractivity contribution in [3.05, 3.63) is 107 Å². The third kappa shape index (κ3) is 9.39. The maximum Gasteiger partial charge on any atom is 0.311 e. The van der Waals surface area contributed by atoms with Crippen LogP contribution < -0.4 is 16.0 Å². The van der Waals surface area contributed by atoms with Crippen molar-refractivity contribution < 1.29 is 23.9 Å². The van der Waals surface area contributed by atoms with Crippen LogP contribution in [0.2, 0.25) is 0 Å². The maximum absolute atomic E-state index is 13.1. The number of pyridine rings is 1. The molecular formula is C30H27N5O5S2. The van der Waals surface area contributed by atoms with Crippen LogP contribution in [0.1, 0.15) is 28.5 Å². The smallest absolute Gasteiger partial charge is 0.311 e. The van der Waals surface area contributed by atoms with E-state index in [9.17, 15) is 19.2 Å². The number of nitrogens with zero attached hydrogens (tertiary/aromatic N) is 2. The molecule has 2 aromatic heterocycles. The lowest BCUT2D eigenvalue weighted by molar-refractivity contribution is -0.142. The minimum atomic E-state index is -0.506. The number of ether oxygens (including phenoxy) is 1. The molecule has 0 saturated heterocycles. The first-order valence-corrected chi connectivity index (χ1v) is 14.7. The Hall–Kier alpha value is -4.81. The molecule has 2 aromatic carbocycles. The van der Waals surface area contributed by atoms with Crippen molar-refractivity contribution in [2.75, 3.05) is 23.0 Å². The van der Waals surface area contributed by atoms with Gasteiger partial charge in [-0.1, -0.05) is 24.3 Å². The molecular weight excluding hydrogens is 574 g/mol. The largest absolute Gasteiger partial charge is 0.466 e. The fourth-order valence-electron chi connectivity index (χ4n) is 3.51. The Labute approximate surface area is 250 Å². The minimum Gasteiger partial charge on any atom is -0.466 e. The van der Waals surface area contributed by atoms with Gasteiger partial charge in [0.25, 0.3) is 11.8 Å². The van der Waals surface area contributed by atoms with E-state index in [4.69, 9.17) is 4.74 Å². The third-order valence-corrected chi connectivity index (χ3v) is 7.25. The van der Waals surface area contributed by atoms with Gasteiger partial charge in [0.1, 0.15) is 5.70 Å². The van der Waals surface area contributed by atoms with E-state index in [1.54, 1.807) is 97.5 Å². The molecule has 42 heavy (non-hydrogen) atoms. The summed E-state index contributed by atoms with van der Waals surface area (Å²) in [5.74, 6) is -1.39. The summed E-state index contributed by atoms with van der Waals surface area (Å²) in [6.07, 6.45) is 4.81. The van der Waals surface area contributed by atoms with E-state index < -0.39 is 11.8 Å². The topological polar surface area (TPSA) is 139 Å². The van der Waals surface area contributed by atoms with Crippen molar-refractivity contribution in [2.24, 2.45) is 0 Å². The second-order valence-corrected chi connectivity index (χ2v) is 10.5. The number of aromatic nitrogens is 2. The summed E-state index contributed by atoms with van der Waals surface area (Å²) in [6, 6.07) is 19.1. The molecule has 3 amide bonds. The Bertz CT molecular complexity index is 1560. The molecule has 0 radical (unpaired) electrons. The van der Waals surface area contributed by atoms with Crippen LogP contribution in [0.25, 0.3) is 6.08 Å². The van der Waals surface area contributed by atoms with Crippen molar-refractivity contribution in [3.8, 4) is 0 Å². The summed E-state index contributed by atoms with van der Waals surface area (Å²) in [4.78, 5) is 59.0. The molecule has 0 aliphatic rings. The van der Waals surface area contributed by atoms with Crippen LogP contribution in [0.15, 0.2) is 95.1 Å². The van der Waals surface area contributed by atoms with Gasteiger partial charge in [-0.25, -0.2) is 4.98 Å². The summed E-state index contributed by atoms with van der Waals surface area (Å²) in [6.45, 7) is 2.04. The molecule has 0 atom stereocenters. The monoisotopic (exact) mass is 601 g/mol. The van der Waals surface area contributed by atoms with Crippen LogP contribution in [-0.2, 0) is 25.5 Å². The van der Waals surface area contributed by atoms with Crippen LogP contribution in [0.3, 0.4) is 0 Å². The highest BCUT2D eigenvalue weighted by Crippen LogP contribution is 2.22. The van der Waals surface area contributed by atoms with E-state index in [1.165, 1.54) is 23.1 Å². The van der Waals surface area contributed by atoms with E-state index in [1.807, 2.05) is 0 Å². The number of nitrogens with one attached hydrogen (secondary N) is 3. The highest BCUT2D eigenvalue weighted by molar-refractivity contribution is 8.00. The SMILES string of the molecule is CCOC(=O)Cc1csc(NC(=O)CSc2ccc(NC(=O)/C(=C/c3cccnc3)NC(=O)c3ccccc3)cc2)n1. The molecule has 0 aliphatic heterocycles. The molecule has 0 fully saturated rings. The molecule has 0 unspecified atom stereocenters. The Balaban J connectivity index is 1.32. The minimum absolute atomic E-state index is 0.0536. The Kier molecular flexibility index (Phi) is 11.0. The lowest BCUT2D eigenvalue weighted by Gasteiger charge is -2.12. The van der Waals surface area contributed by atoms with Gasteiger partial charge in [-0.05, 0) is 61.0 Å². The fraction of sp³-hybridized carbons (Fsp3) is 0.133. The number of carbonyl (C=O) groups excluding carboxylic acids is 4. The van der Waals surface area contributed by atoms with Gasteiger partial charge in [0.15, 0.2) is 5.13 Å². The van der Waals surface area contributed by atoms with Gasteiger partial charge in [-0.2, -0.15) is 0 Å². The van der Waals surface area contributed by atoms with Crippen molar-refractivity contribution >= 4 is 63.7 Å². The molecule has 214 valence electrons. The second-order valence-electron chi connectivity index (χ2n) is 8.61. The first-order valence-electron chi connectivity index (χ1n) is 12.8. The predicted molar refractivity (Wildman–Crippen MR) is 163 cm³/mol. The number of hydrogen-bond acceptors (Lipinski definition) is 9. The highest BCUT2D eigenvalue weighted by atomic mass is 32.2. The van der Waals surface area contributed by atoms with Crippen LogP contribution in [-0.4, -0.2) is 46.0 Å². The van der Waals surface area contributed by atoms with Crippen LogP contribution in [0.5, 0.6) is 0 Å². The van der Waals surface area contributed by atoms with Gasteiger partial charge < -0.3 is 20.7 Å². The number of thiazole rings is 1. The highest BCUT2D eigenvalue weighted by Gasteiger charge is 2.16. The van der Waals surface area contributed by atoms with Gasteiger partial charge >= 0.3 is 5.97 Å². The number of amides is 3. The van der Waals surface area contributed by atoms with Crippen LogP contribution >= 0.6 is 23.1 Å². The van der Waals surface area contributed by atoms with Gasteiger partial charge in [-0.3, -0.25) is 24.2 Å². The van der Waals surface area contributed by atoms with E-state index in [0.717, 1.165) is 4.90 Å². The number of benzene rings is 2. The summed E-state index contributed by atoms with van der Waals surface area (Å²) in [5, 5.41) is 10.3. The Morgan fingerprint density at radius 3 is 2.48 bits per heavy atom. The van der Waals surface area contributed by atoms with E-state index in [0.29, 0.717) is 34.2 Å². The number of esters is 1. The lowest BCUT2D eigenvalue weighted by Crippen LogP contribution is -2.30. The zero-order chi connectivity index (χ0) is 29.7. The average molecular weight is 602 g/mol. The molecule has 0 bridgehead atoms. The van der Waals surface area contributed by atoms with Gasteiger partial charge in [-0.15, -0.1) is 23.1 Å². The van der Waals surface area contributed by atoms with Crippen molar-refractivity contribution in [1.82, 2.24) is 15.3 Å². The molecule has 12 heteroatoms. The summed E-state index contributed by atoms with van der Waals surface area (Å²) in [7, 11) is 0. The Morgan fingerprint density at radius 1 is 0.976 bits per heavy atom.